The van der Waals surface area contributed by atoms with Gasteiger partial charge in [0.25, 0.3) is 0 Å². The molecular formula is C16H23BrN2O. The summed E-state index contributed by atoms with van der Waals surface area (Å²) in [5.74, 6) is 1.14. The van der Waals surface area contributed by atoms with Crippen LogP contribution >= 0.6 is 15.9 Å². The Morgan fingerprint density at radius 1 is 1.30 bits per heavy atom. The fraction of sp³-hybridized carbons (Fsp3) is 0.562. The van der Waals surface area contributed by atoms with E-state index < -0.39 is 5.54 Å². The molecule has 3 N–H and O–H groups in total. The zero-order valence-electron chi connectivity index (χ0n) is 12.2. The second-order valence-electron chi connectivity index (χ2n) is 6.16. The van der Waals surface area contributed by atoms with Crippen LogP contribution in [0.15, 0.2) is 28.7 Å². The van der Waals surface area contributed by atoms with E-state index in [4.69, 9.17) is 5.73 Å². The predicted molar refractivity (Wildman–Crippen MR) is 86.5 cm³/mol. The maximum absolute atomic E-state index is 12.0. The molecule has 0 saturated heterocycles. The molecule has 0 spiro atoms. The Labute approximate surface area is 129 Å². The highest BCUT2D eigenvalue weighted by Crippen LogP contribution is 2.37. The number of amides is 1. The van der Waals surface area contributed by atoms with E-state index >= 15 is 0 Å². The van der Waals surface area contributed by atoms with Crippen LogP contribution in [0.3, 0.4) is 0 Å². The zero-order valence-corrected chi connectivity index (χ0v) is 13.7. The average molecular weight is 339 g/mol. The fourth-order valence-electron chi connectivity index (χ4n) is 3.04. The maximum Gasteiger partial charge on any atom is 0.243 e. The molecule has 3 nitrogen and oxygen atoms in total. The van der Waals surface area contributed by atoms with Crippen LogP contribution in [-0.2, 0) is 4.79 Å². The molecule has 1 aliphatic rings. The Bertz CT molecular complexity index is 462. The second-order valence-corrected chi connectivity index (χ2v) is 7.08. The quantitative estimate of drug-likeness (QED) is 0.873. The smallest absolute Gasteiger partial charge is 0.243 e. The number of halogens is 1. The first kappa shape index (κ1) is 15.4. The first-order valence-electron chi connectivity index (χ1n) is 7.26. The van der Waals surface area contributed by atoms with Crippen molar-refractivity contribution < 1.29 is 4.79 Å². The third-order valence-electron chi connectivity index (χ3n) is 4.53. The van der Waals surface area contributed by atoms with Crippen LogP contribution in [-0.4, -0.2) is 11.4 Å². The van der Waals surface area contributed by atoms with Crippen LogP contribution in [0.25, 0.3) is 0 Å². The van der Waals surface area contributed by atoms with Gasteiger partial charge in [-0.2, -0.15) is 0 Å². The molecular weight excluding hydrogens is 316 g/mol. The van der Waals surface area contributed by atoms with Crippen LogP contribution in [0.4, 0.5) is 5.69 Å². The van der Waals surface area contributed by atoms with E-state index in [0.717, 1.165) is 35.8 Å². The molecule has 1 saturated carbocycles. The standard InChI is InChI=1S/C16H23BrN2O/c1-11(2)12-7-9-16(10-8-12,15(18)20)19-14-5-3-13(17)4-6-14/h3-6,11-12,19H,7-10H2,1-2H3,(H2,18,20). The number of rotatable bonds is 4. The summed E-state index contributed by atoms with van der Waals surface area (Å²) >= 11 is 3.42. The number of hydrogen-bond acceptors (Lipinski definition) is 2. The summed E-state index contributed by atoms with van der Waals surface area (Å²) in [4.78, 5) is 12.0. The van der Waals surface area contributed by atoms with Gasteiger partial charge in [0.1, 0.15) is 5.54 Å². The summed E-state index contributed by atoms with van der Waals surface area (Å²) in [7, 11) is 0. The van der Waals surface area contributed by atoms with Gasteiger partial charge < -0.3 is 11.1 Å². The predicted octanol–water partition coefficient (Wildman–Crippen LogP) is 3.93. The molecule has 1 aromatic carbocycles. The number of hydrogen-bond donors (Lipinski definition) is 2. The van der Waals surface area contributed by atoms with E-state index in [1.54, 1.807) is 0 Å². The number of benzene rings is 1. The number of anilines is 1. The molecule has 0 radical (unpaired) electrons. The third kappa shape index (κ3) is 3.35. The molecule has 1 aromatic rings. The molecule has 1 amide bonds. The molecule has 0 aliphatic heterocycles. The monoisotopic (exact) mass is 338 g/mol. The average Bonchev–Trinajstić information content (AvgIpc) is 2.42. The molecule has 4 heteroatoms. The highest BCUT2D eigenvalue weighted by molar-refractivity contribution is 9.10. The van der Waals surface area contributed by atoms with E-state index in [0.29, 0.717) is 11.8 Å². The van der Waals surface area contributed by atoms with Crippen molar-refractivity contribution >= 4 is 27.5 Å². The van der Waals surface area contributed by atoms with Crippen molar-refractivity contribution in [3.8, 4) is 0 Å². The summed E-state index contributed by atoms with van der Waals surface area (Å²) in [6, 6.07) is 7.89. The Balaban J connectivity index is 2.12. The number of nitrogens with one attached hydrogen (secondary N) is 1. The van der Waals surface area contributed by atoms with Crippen LogP contribution in [0.1, 0.15) is 39.5 Å². The highest BCUT2D eigenvalue weighted by Gasteiger charge is 2.40. The van der Waals surface area contributed by atoms with Gasteiger partial charge in [0, 0.05) is 10.2 Å². The summed E-state index contributed by atoms with van der Waals surface area (Å²) in [5.41, 5.74) is 6.06. The number of nitrogens with two attached hydrogens (primary N) is 1. The lowest BCUT2D eigenvalue weighted by atomic mass is 9.72. The van der Waals surface area contributed by atoms with Gasteiger partial charge in [-0.25, -0.2) is 0 Å². The van der Waals surface area contributed by atoms with Crippen molar-refractivity contribution in [3.05, 3.63) is 28.7 Å². The van der Waals surface area contributed by atoms with Gasteiger partial charge in [-0.15, -0.1) is 0 Å². The molecule has 1 fully saturated rings. The highest BCUT2D eigenvalue weighted by atomic mass is 79.9. The molecule has 0 bridgehead atoms. The van der Waals surface area contributed by atoms with Gasteiger partial charge in [-0.05, 0) is 61.8 Å². The minimum Gasteiger partial charge on any atom is -0.371 e. The summed E-state index contributed by atoms with van der Waals surface area (Å²) in [5, 5.41) is 3.39. The molecule has 0 aromatic heterocycles. The molecule has 110 valence electrons. The lowest BCUT2D eigenvalue weighted by Gasteiger charge is -2.40. The maximum atomic E-state index is 12.0. The normalized spacial score (nSPS) is 26.5. The van der Waals surface area contributed by atoms with E-state index in [9.17, 15) is 4.79 Å². The molecule has 1 aliphatic carbocycles. The fourth-order valence-corrected chi connectivity index (χ4v) is 3.31. The summed E-state index contributed by atoms with van der Waals surface area (Å²) in [6.45, 7) is 4.51. The van der Waals surface area contributed by atoms with Crippen LogP contribution in [0, 0.1) is 11.8 Å². The lowest BCUT2D eigenvalue weighted by molar-refractivity contribution is -0.123. The van der Waals surface area contributed by atoms with E-state index in [-0.39, 0.29) is 5.91 Å². The molecule has 20 heavy (non-hydrogen) atoms. The van der Waals surface area contributed by atoms with Gasteiger partial charge in [0.2, 0.25) is 5.91 Å². The molecule has 0 atom stereocenters. The van der Waals surface area contributed by atoms with Gasteiger partial charge in [-0.3, -0.25) is 4.79 Å². The second kappa shape index (κ2) is 6.17. The molecule has 0 unspecified atom stereocenters. The third-order valence-corrected chi connectivity index (χ3v) is 5.05. The van der Waals surface area contributed by atoms with Crippen LogP contribution in [0.2, 0.25) is 0 Å². The van der Waals surface area contributed by atoms with Crippen molar-refractivity contribution in [3.63, 3.8) is 0 Å². The number of carbonyl (C=O) groups excluding carboxylic acids is 1. The van der Waals surface area contributed by atoms with Gasteiger partial charge >= 0.3 is 0 Å². The van der Waals surface area contributed by atoms with Crippen molar-refractivity contribution in [2.24, 2.45) is 17.6 Å². The first-order chi connectivity index (χ1) is 9.43. The lowest BCUT2D eigenvalue weighted by Crippen LogP contribution is -2.53. The number of primary amides is 1. The minimum absolute atomic E-state index is 0.234. The Morgan fingerprint density at radius 2 is 1.85 bits per heavy atom. The molecule has 0 heterocycles. The topological polar surface area (TPSA) is 55.1 Å². The van der Waals surface area contributed by atoms with Gasteiger partial charge in [-0.1, -0.05) is 29.8 Å². The van der Waals surface area contributed by atoms with Crippen molar-refractivity contribution in [1.29, 1.82) is 0 Å². The minimum atomic E-state index is -0.584. The van der Waals surface area contributed by atoms with Crippen molar-refractivity contribution in [1.82, 2.24) is 0 Å². The van der Waals surface area contributed by atoms with E-state index in [2.05, 4.69) is 35.1 Å². The van der Waals surface area contributed by atoms with Crippen molar-refractivity contribution in [2.75, 3.05) is 5.32 Å². The van der Waals surface area contributed by atoms with E-state index in [1.807, 2.05) is 24.3 Å². The van der Waals surface area contributed by atoms with Gasteiger partial charge in [0.15, 0.2) is 0 Å². The first-order valence-corrected chi connectivity index (χ1v) is 8.06. The largest absolute Gasteiger partial charge is 0.371 e. The SMILES string of the molecule is CC(C)C1CCC(Nc2ccc(Br)cc2)(C(N)=O)CC1. The number of carbonyl (C=O) groups is 1. The van der Waals surface area contributed by atoms with Gasteiger partial charge in [0.05, 0.1) is 0 Å². The Morgan fingerprint density at radius 3 is 2.30 bits per heavy atom. The van der Waals surface area contributed by atoms with Crippen LogP contribution in [0.5, 0.6) is 0 Å². The summed E-state index contributed by atoms with van der Waals surface area (Å²) < 4.78 is 1.03. The van der Waals surface area contributed by atoms with Crippen molar-refractivity contribution in [2.45, 2.75) is 45.1 Å². The zero-order chi connectivity index (χ0) is 14.8. The van der Waals surface area contributed by atoms with Crippen LogP contribution < -0.4 is 11.1 Å². The summed E-state index contributed by atoms with van der Waals surface area (Å²) in [6.07, 6.45) is 3.76. The Hall–Kier alpha value is -1.03. The van der Waals surface area contributed by atoms with E-state index in [1.165, 1.54) is 0 Å². The Kier molecular flexibility index (Phi) is 4.74. The molecule has 2 rings (SSSR count).